The predicted octanol–water partition coefficient (Wildman–Crippen LogP) is 3.14. The molecular formula is C10H11FOS. The van der Waals surface area contributed by atoms with E-state index < -0.39 is 0 Å². The van der Waals surface area contributed by atoms with Crippen LogP contribution in [0.2, 0.25) is 0 Å². The first-order valence-electron chi connectivity index (χ1n) is 4.15. The van der Waals surface area contributed by atoms with Crippen LogP contribution in [0.1, 0.15) is 23.7 Å². The normalized spacial score (nSPS) is 10.0. The molecule has 0 heterocycles. The number of rotatable bonds is 4. The van der Waals surface area contributed by atoms with Crippen molar-refractivity contribution in [2.45, 2.75) is 18.2 Å². The van der Waals surface area contributed by atoms with E-state index in [0.29, 0.717) is 16.7 Å². The molecule has 0 saturated heterocycles. The number of hydrogen-bond donors (Lipinski definition) is 0. The zero-order valence-corrected chi connectivity index (χ0v) is 8.23. The number of thioether (sulfide) groups is 1. The maximum absolute atomic E-state index is 13.2. The van der Waals surface area contributed by atoms with Crippen molar-refractivity contribution in [1.29, 1.82) is 0 Å². The largest absolute Gasteiger partial charge is 0.298 e. The van der Waals surface area contributed by atoms with E-state index in [-0.39, 0.29) is 5.82 Å². The van der Waals surface area contributed by atoms with Gasteiger partial charge in [0.2, 0.25) is 0 Å². The molecule has 0 spiro atoms. The maximum atomic E-state index is 13.2. The van der Waals surface area contributed by atoms with Gasteiger partial charge in [-0.05, 0) is 24.3 Å². The monoisotopic (exact) mass is 198 g/mol. The molecule has 0 N–H and O–H groups in total. The van der Waals surface area contributed by atoms with Crippen LogP contribution < -0.4 is 0 Å². The van der Waals surface area contributed by atoms with Crippen LogP contribution in [-0.4, -0.2) is 12.0 Å². The van der Waals surface area contributed by atoms with Crippen LogP contribution in [-0.2, 0) is 0 Å². The third-order valence-corrected chi connectivity index (χ3v) is 2.81. The first-order valence-corrected chi connectivity index (χ1v) is 5.14. The van der Waals surface area contributed by atoms with Gasteiger partial charge in [0, 0.05) is 10.5 Å². The van der Waals surface area contributed by atoms with E-state index in [1.165, 1.54) is 17.8 Å². The van der Waals surface area contributed by atoms with E-state index in [4.69, 9.17) is 0 Å². The van der Waals surface area contributed by atoms with Gasteiger partial charge in [0.25, 0.3) is 0 Å². The van der Waals surface area contributed by atoms with E-state index in [2.05, 4.69) is 0 Å². The Labute approximate surface area is 81.3 Å². The summed E-state index contributed by atoms with van der Waals surface area (Å²) in [6.07, 6.45) is 1.66. The van der Waals surface area contributed by atoms with Gasteiger partial charge in [-0.15, -0.1) is 11.8 Å². The van der Waals surface area contributed by atoms with Gasteiger partial charge in [0.15, 0.2) is 0 Å². The van der Waals surface area contributed by atoms with Crippen molar-refractivity contribution in [3.8, 4) is 0 Å². The molecule has 0 unspecified atom stereocenters. The molecule has 0 aromatic heterocycles. The second kappa shape index (κ2) is 5.02. The first kappa shape index (κ1) is 10.3. The molecule has 0 aliphatic rings. The van der Waals surface area contributed by atoms with Gasteiger partial charge in [-0.25, -0.2) is 4.39 Å². The van der Waals surface area contributed by atoms with Gasteiger partial charge in [0.1, 0.15) is 12.1 Å². The topological polar surface area (TPSA) is 17.1 Å². The van der Waals surface area contributed by atoms with Crippen molar-refractivity contribution in [1.82, 2.24) is 0 Å². The van der Waals surface area contributed by atoms with Crippen molar-refractivity contribution in [3.05, 3.63) is 29.6 Å². The van der Waals surface area contributed by atoms with Crippen LogP contribution >= 0.6 is 11.8 Å². The van der Waals surface area contributed by atoms with Crippen LogP contribution in [0.5, 0.6) is 0 Å². The molecule has 0 aliphatic heterocycles. The fraction of sp³-hybridized carbons (Fsp3) is 0.300. The first-order chi connectivity index (χ1) is 6.27. The third-order valence-electron chi connectivity index (χ3n) is 1.55. The second-order valence-corrected chi connectivity index (χ2v) is 3.79. The Kier molecular flexibility index (Phi) is 3.96. The highest BCUT2D eigenvalue weighted by atomic mass is 32.2. The zero-order chi connectivity index (χ0) is 9.68. The molecule has 0 fully saturated rings. The van der Waals surface area contributed by atoms with Gasteiger partial charge in [0.05, 0.1) is 0 Å². The van der Waals surface area contributed by atoms with Gasteiger partial charge in [-0.1, -0.05) is 13.0 Å². The van der Waals surface area contributed by atoms with E-state index >= 15 is 0 Å². The van der Waals surface area contributed by atoms with Crippen LogP contribution in [0, 0.1) is 5.82 Å². The Bertz CT molecular complexity index is 299. The highest BCUT2D eigenvalue weighted by Gasteiger charge is 2.02. The summed E-state index contributed by atoms with van der Waals surface area (Å²) in [6, 6.07) is 4.55. The summed E-state index contributed by atoms with van der Waals surface area (Å²) in [5.74, 6) is 0.597. The fourth-order valence-corrected chi connectivity index (χ4v) is 1.70. The van der Waals surface area contributed by atoms with E-state index in [1.54, 1.807) is 12.1 Å². The molecule has 0 bridgehead atoms. The standard InChI is InChI=1S/C10H11FOS/c1-2-5-13-10-4-3-8(7-12)6-9(10)11/h3-4,6-7H,2,5H2,1H3. The van der Waals surface area contributed by atoms with Crippen LogP contribution in [0.15, 0.2) is 23.1 Å². The van der Waals surface area contributed by atoms with Crippen molar-refractivity contribution in [3.63, 3.8) is 0 Å². The summed E-state index contributed by atoms with van der Waals surface area (Å²) in [5.41, 5.74) is 0.387. The summed E-state index contributed by atoms with van der Waals surface area (Å²) < 4.78 is 13.2. The Hall–Kier alpha value is -0.830. The zero-order valence-electron chi connectivity index (χ0n) is 7.42. The molecule has 0 radical (unpaired) electrons. The van der Waals surface area contributed by atoms with E-state index in [1.807, 2.05) is 6.92 Å². The molecule has 0 amide bonds. The van der Waals surface area contributed by atoms with E-state index in [0.717, 1.165) is 12.2 Å². The van der Waals surface area contributed by atoms with Gasteiger partial charge in [-0.3, -0.25) is 4.79 Å². The molecule has 0 saturated carbocycles. The lowest BCUT2D eigenvalue weighted by Gasteiger charge is -2.01. The molecular weight excluding hydrogens is 187 g/mol. The molecule has 1 aromatic rings. The Balaban J connectivity index is 2.79. The molecule has 0 aliphatic carbocycles. The van der Waals surface area contributed by atoms with Crippen LogP contribution in [0.3, 0.4) is 0 Å². The number of halogens is 1. The van der Waals surface area contributed by atoms with Crippen molar-refractivity contribution in [2.24, 2.45) is 0 Å². The summed E-state index contributed by atoms with van der Waals surface area (Å²) in [6.45, 7) is 2.05. The van der Waals surface area contributed by atoms with Gasteiger partial charge < -0.3 is 0 Å². The lowest BCUT2D eigenvalue weighted by molar-refractivity contribution is 0.112. The van der Waals surface area contributed by atoms with Gasteiger partial charge >= 0.3 is 0 Å². The average Bonchev–Trinajstić information content (AvgIpc) is 2.16. The SMILES string of the molecule is CCCSc1ccc(C=O)cc1F. The Morgan fingerprint density at radius 2 is 2.31 bits per heavy atom. The predicted molar refractivity (Wildman–Crippen MR) is 52.8 cm³/mol. The molecule has 3 heteroatoms. The van der Waals surface area contributed by atoms with E-state index in [9.17, 15) is 9.18 Å². The second-order valence-electron chi connectivity index (χ2n) is 2.66. The number of aldehydes is 1. The fourth-order valence-electron chi connectivity index (χ4n) is 0.919. The summed E-state index contributed by atoms with van der Waals surface area (Å²) in [7, 11) is 0. The van der Waals surface area contributed by atoms with Crippen molar-refractivity contribution in [2.75, 3.05) is 5.75 Å². The summed E-state index contributed by atoms with van der Waals surface area (Å²) >= 11 is 1.48. The van der Waals surface area contributed by atoms with Crippen LogP contribution in [0.25, 0.3) is 0 Å². The molecule has 13 heavy (non-hydrogen) atoms. The minimum Gasteiger partial charge on any atom is -0.298 e. The number of carbonyl (C=O) groups is 1. The highest BCUT2D eigenvalue weighted by Crippen LogP contribution is 2.22. The van der Waals surface area contributed by atoms with Crippen molar-refractivity contribution >= 4 is 18.0 Å². The maximum Gasteiger partial charge on any atom is 0.150 e. The molecule has 70 valence electrons. The molecule has 1 aromatic carbocycles. The Morgan fingerprint density at radius 3 is 2.85 bits per heavy atom. The molecule has 0 atom stereocenters. The van der Waals surface area contributed by atoms with Crippen LogP contribution in [0.4, 0.5) is 4.39 Å². The molecule has 1 rings (SSSR count). The van der Waals surface area contributed by atoms with Gasteiger partial charge in [-0.2, -0.15) is 0 Å². The Morgan fingerprint density at radius 1 is 1.54 bits per heavy atom. The number of benzene rings is 1. The minimum absolute atomic E-state index is 0.303. The summed E-state index contributed by atoms with van der Waals surface area (Å²) in [5, 5.41) is 0. The average molecular weight is 198 g/mol. The molecule has 1 nitrogen and oxygen atoms in total. The minimum atomic E-state index is -0.303. The third kappa shape index (κ3) is 2.84. The summed E-state index contributed by atoms with van der Waals surface area (Å²) in [4.78, 5) is 10.9. The lowest BCUT2D eigenvalue weighted by atomic mass is 10.2. The number of hydrogen-bond acceptors (Lipinski definition) is 2. The highest BCUT2D eigenvalue weighted by molar-refractivity contribution is 7.99. The van der Waals surface area contributed by atoms with Crippen molar-refractivity contribution < 1.29 is 9.18 Å². The lowest BCUT2D eigenvalue weighted by Crippen LogP contribution is -1.86. The smallest absolute Gasteiger partial charge is 0.150 e. The number of carbonyl (C=O) groups excluding carboxylic acids is 1. The quantitative estimate of drug-likeness (QED) is 0.546.